The smallest absolute Gasteiger partial charge is 0.316 e. The number of carbonyl (C=O) groups excluding carboxylic acids is 2. The first kappa shape index (κ1) is 18.3. The zero-order valence-electron chi connectivity index (χ0n) is 14.6. The number of fused-ring (bicyclic) bond motifs is 1. The van der Waals surface area contributed by atoms with Crippen LogP contribution in [0.1, 0.15) is 17.5 Å². The molecule has 0 fully saturated rings. The fraction of sp³-hybridized carbons (Fsp3) is 0.300. The third-order valence-electron chi connectivity index (χ3n) is 4.17. The van der Waals surface area contributed by atoms with Crippen LogP contribution in [-0.2, 0) is 27.2 Å². The number of para-hydroxylation sites is 2. The lowest BCUT2D eigenvalue weighted by molar-refractivity contribution is -0.144. The molecule has 136 valence electrons. The van der Waals surface area contributed by atoms with Crippen molar-refractivity contribution in [3.63, 3.8) is 0 Å². The monoisotopic (exact) mass is 371 g/mol. The predicted molar refractivity (Wildman–Crippen MR) is 102 cm³/mol. The van der Waals surface area contributed by atoms with Crippen molar-refractivity contribution < 1.29 is 19.1 Å². The van der Waals surface area contributed by atoms with Crippen LogP contribution in [0.15, 0.2) is 47.4 Å². The largest absolute Gasteiger partial charge is 0.495 e. The fourth-order valence-corrected chi connectivity index (χ4v) is 3.66. The van der Waals surface area contributed by atoms with Crippen molar-refractivity contribution in [1.82, 2.24) is 0 Å². The zero-order chi connectivity index (χ0) is 18.4. The second-order valence-electron chi connectivity index (χ2n) is 5.98. The van der Waals surface area contributed by atoms with Crippen molar-refractivity contribution in [1.29, 1.82) is 0 Å². The molecule has 6 heteroatoms. The third-order valence-corrected chi connectivity index (χ3v) is 5.14. The summed E-state index contributed by atoms with van der Waals surface area (Å²) in [5.74, 6) is -0.0730. The van der Waals surface area contributed by atoms with E-state index in [1.807, 2.05) is 12.1 Å². The fourth-order valence-electron chi connectivity index (χ4n) is 2.90. The Morgan fingerprint density at radius 2 is 1.92 bits per heavy atom. The van der Waals surface area contributed by atoms with E-state index in [0.29, 0.717) is 11.4 Å². The van der Waals surface area contributed by atoms with Crippen molar-refractivity contribution in [3.8, 4) is 5.75 Å². The highest BCUT2D eigenvalue weighted by molar-refractivity contribution is 8.00. The van der Waals surface area contributed by atoms with Gasteiger partial charge in [0.25, 0.3) is 5.91 Å². The first-order valence-corrected chi connectivity index (χ1v) is 9.47. The number of rotatable bonds is 7. The molecule has 0 spiro atoms. The quantitative estimate of drug-likeness (QED) is 0.596. The van der Waals surface area contributed by atoms with Crippen molar-refractivity contribution in [3.05, 3.63) is 53.6 Å². The summed E-state index contributed by atoms with van der Waals surface area (Å²) in [5, 5.41) is 2.67. The van der Waals surface area contributed by atoms with Crippen LogP contribution in [0, 0.1) is 0 Å². The van der Waals surface area contributed by atoms with E-state index in [9.17, 15) is 9.59 Å². The molecule has 0 aliphatic heterocycles. The second kappa shape index (κ2) is 8.76. The molecule has 5 nitrogen and oxygen atoms in total. The minimum absolute atomic E-state index is 0.181. The van der Waals surface area contributed by atoms with E-state index in [0.717, 1.165) is 17.7 Å². The molecule has 0 unspecified atom stereocenters. The average molecular weight is 371 g/mol. The number of nitrogens with one attached hydrogen (secondary N) is 1. The molecule has 26 heavy (non-hydrogen) atoms. The molecule has 2 aromatic rings. The number of anilines is 1. The van der Waals surface area contributed by atoms with E-state index >= 15 is 0 Å². The molecule has 0 saturated heterocycles. The molecule has 1 N–H and O–H groups in total. The number of benzene rings is 2. The first-order valence-electron chi connectivity index (χ1n) is 8.49. The Labute approximate surface area is 157 Å². The summed E-state index contributed by atoms with van der Waals surface area (Å²) in [4.78, 5) is 24.9. The highest BCUT2D eigenvalue weighted by Crippen LogP contribution is 2.27. The van der Waals surface area contributed by atoms with Crippen LogP contribution in [-0.4, -0.2) is 31.3 Å². The average Bonchev–Trinajstić information content (AvgIpc) is 3.13. The topological polar surface area (TPSA) is 64.6 Å². The van der Waals surface area contributed by atoms with Crippen LogP contribution in [0.3, 0.4) is 0 Å². The molecule has 0 saturated carbocycles. The molecular formula is C20H21NO4S. The van der Waals surface area contributed by atoms with E-state index in [-0.39, 0.29) is 12.4 Å². The number of hydrogen-bond donors (Lipinski definition) is 1. The maximum Gasteiger partial charge on any atom is 0.316 e. The van der Waals surface area contributed by atoms with E-state index < -0.39 is 11.9 Å². The molecule has 3 rings (SSSR count). The number of esters is 1. The summed E-state index contributed by atoms with van der Waals surface area (Å²) in [7, 11) is 1.53. The van der Waals surface area contributed by atoms with Gasteiger partial charge in [0.05, 0.1) is 18.6 Å². The number of methoxy groups -OCH3 is 1. The minimum atomic E-state index is -0.411. The van der Waals surface area contributed by atoms with Gasteiger partial charge in [-0.05, 0) is 54.7 Å². The Kier molecular flexibility index (Phi) is 6.17. The van der Waals surface area contributed by atoms with Crippen LogP contribution in [0.2, 0.25) is 0 Å². The van der Waals surface area contributed by atoms with Gasteiger partial charge in [0, 0.05) is 4.90 Å². The lowest BCUT2D eigenvalue weighted by atomic mass is 10.1. The summed E-state index contributed by atoms with van der Waals surface area (Å²) in [6.45, 7) is -0.318. The molecule has 1 amide bonds. The van der Waals surface area contributed by atoms with E-state index in [1.165, 1.54) is 36.4 Å². The normalized spacial score (nSPS) is 12.3. The number of ether oxygens (including phenoxy) is 2. The summed E-state index contributed by atoms with van der Waals surface area (Å²) in [5.41, 5.74) is 3.33. The lowest BCUT2D eigenvalue weighted by Crippen LogP contribution is -2.21. The number of thioether (sulfide) groups is 1. The van der Waals surface area contributed by atoms with Crippen LogP contribution in [0.25, 0.3) is 0 Å². The minimum Gasteiger partial charge on any atom is -0.495 e. The van der Waals surface area contributed by atoms with Crippen molar-refractivity contribution in [2.75, 3.05) is 24.8 Å². The molecule has 2 aromatic carbocycles. The molecule has 0 atom stereocenters. The maximum absolute atomic E-state index is 11.9. The summed E-state index contributed by atoms with van der Waals surface area (Å²) < 4.78 is 10.2. The van der Waals surface area contributed by atoms with Crippen molar-refractivity contribution in [2.45, 2.75) is 24.2 Å². The summed E-state index contributed by atoms with van der Waals surface area (Å²) in [6, 6.07) is 13.4. The van der Waals surface area contributed by atoms with Gasteiger partial charge in [-0.3, -0.25) is 9.59 Å². The highest BCUT2D eigenvalue weighted by Gasteiger charge is 2.13. The van der Waals surface area contributed by atoms with E-state index in [1.54, 1.807) is 18.2 Å². The lowest BCUT2D eigenvalue weighted by Gasteiger charge is -2.10. The van der Waals surface area contributed by atoms with Gasteiger partial charge in [0.2, 0.25) is 0 Å². The molecule has 0 bridgehead atoms. The summed E-state index contributed by atoms with van der Waals surface area (Å²) >= 11 is 1.43. The van der Waals surface area contributed by atoms with Crippen molar-refractivity contribution >= 4 is 29.3 Å². The third kappa shape index (κ3) is 4.79. The molecule has 0 radical (unpaired) electrons. The SMILES string of the molecule is COc1ccccc1NC(=O)COC(=O)CSc1ccc2c(c1)CCC2. The van der Waals surface area contributed by atoms with Gasteiger partial charge in [-0.25, -0.2) is 0 Å². The number of carbonyl (C=O) groups is 2. The van der Waals surface area contributed by atoms with Gasteiger partial charge < -0.3 is 14.8 Å². The molecule has 1 aliphatic rings. The van der Waals surface area contributed by atoms with Gasteiger partial charge in [-0.2, -0.15) is 0 Å². The Bertz CT molecular complexity index is 806. The Balaban J connectivity index is 1.43. The molecule has 0 heterocycles. The van der Waals surface area contributed by atoms with Gasteiger partial charge in [0.1, 0.15) is 5.75 Å². The number of hydrogen-bond acceptors (Lipinski definition) is 5. The maximum atomic E-state index is 11.9. The Hall–Kier alpha value is -2.47. The number of amides is 1. The van der Waals surface area contributed by atoms with Crippen LogP contribution in [0.5, 0.6) is 5.75 Å². The van der Waals surface area contributed by atoms with Crippen LogP contribution >= 0.6 is 11.8 Å². The number of aryl methyl sites for hydroxylation is 2. The first-order chi connectivity index (χ1) is 12.7. The molecular weight excluding hydrogens is 350 g/mol. The van der Waals surface area contributed by atoms with Crippen LogP contribution in [0.4, 0.5) is 5.69 Å². The van der Waals surface area contributed by atoms with Gasteiger partial charge >= 0.3 is 5.97 Å². The van der Waals surface area contributed by atoms with E-state index in [4.69, 9.17) is 9.47 Å². The van der Waals surface area contributed by atoms with Gasteiger partial charge in [-0.1, -0.05) is 18.2 Å². The Morgan fingerprint density at radius 3 is 2.77 bits per heavy atom. The van der Waals surface area contributed by atoms with Gasteiger partial charge in [0.15, 0.2) is 6.61 Å². The second-order valence-corrected chi connectivity index (χ2v) is 7.03. The standard InChI is InChI=1S/C20H21NO4S/c1-24-18-8-3-2-7-17(18)21-19(22)12-25-20(23)13-26-16-10-9-14-5-4-6-15(14)11-16/h2-3,7-11H,4-6,12-13H2,1H3,(H,21,22). The van der Waals surface area contributed by atoms with Crippen molar-refractivity contribution in [2.24, 2.45) is 0 Å². The predicted octanol–water partition coefficient (Wildman–Crippen LogP) is 3.46. The van der Waals surface area contributed by atoms with Crippen LogP contribution < -0.4 is 10.1 Å². The Morgan fingerprint density at radius 1 is 1.12 bits per heavy atom. The molecule has 0 aromatic heterocycles. The van der Waals surface area contributed by atoms with Gasteiger partial charge in [-0.15, -0.1) is 11.8 Å². The summed E-state index contributed by atoms with van der Waals surface area (Å²) in [6.07, 6.45) is 3.45. The van der Waals surface area contributed by atoms with E-state index in [2.05, 4.69) is 17.4 Å². The zero-order valence-corrected chi connectivity index (χ0v) is 15.4. The highest BCUT2D eigenvalue weighted by atomic mass is 32.2. The molecule has 1 aliphatic carbocycles.